The van der Waals surface area contributed by atoms with Crippen molar-refractivity contribution in [1.82, 2.24) is 5.32 Å². The number of nitrogens with one attached hydrogen (secondary N) is 1. The molecule has 2 N–H and O–H groups in total. The molecule has 0 aliphatic rings. The molecule has 0 fully saturated rings. The van der Waals surface area contributed by atoms with Gasteiger partial charge in [-0.15, -0.1) is 0 Å². The van der Waals surface area contributed by atoms with Gasteiger partial charge in [-0.2, -0.15) is 0 Å². The standard InChI is InChI=1S/C12H15ClN4O2/c1-12(11(18)19,15-7-2-8-16-17-14)9-3-5-10(13)6-4-9/h3-6,15H,2,7-8H2,1H3,(H,18,19). The van der Waals surface area contributed by atoms with E-state index in [1.165, 1.54) is 0 Å². The summed E-state index contributed by atoms with van der Waals surface area (Å²) >= 11 is 5.79. The van der Waals surface area contributed by atoms with E-state index < -0.39 is 11.5 Å². The van der Waals surface area contributed by atoms with Gasteiger partial charge in [0.2, 0.25) is 0 Å². The summed E-state index contributed by atoms with van der Waals surface area (Å²) < 4.78 is 0. The molecule has 1 aromatic rings. The smallest absolute Gasteiger partial charge is 0.328 e. The first-order chi connectivity index (χ1) is 9.00. The van der Waals surface area contributed by atoms with Gasteiger partial charge in [0.1, 0.15) is 5.54 Å². The van der Waals surface area contributed by atoms with Gasteiger partial charge in [-0.05, 0) is 43.1 Å². The third-order valence-corrected chi connectivity index (χ3v) is 3.08. The van der Waals surface area contributed by atoms with E-state index in [9.17, 15) is 9.90 Å². The second-order valence-electron chi connectivity index (χ2n) is 4.17. The Hall–Kier alpha value is -1.75. The molecule has 0 radical (unpaired) electrons. The van der Waals surface area contributed by atoms with Crippen LogP contribution in [-0.4, -0.2) is 24.2 Å². The van der Waals surface area contributed by atoms with Crippen molar-refractivity contribution in [2.45, 2.75) is 18.9 Å². The second-order valence-corrected chi connectivity index (χ2v) is 4.61. The molecule has 0 amide bonds. The molecule has 6 nitrogen and oxygen atoms in total. The molecule has 1 rings (SSSR count). The highest BCUT2D eigenvalue weighted by molar-refractivity contribution is 6.30. The van der Waals surface area contributed by atoms with Crippen molar-refractivity contribution in [2.24, 2.45) is 5.11 Å². The molecule has 7 heteroatoms. The monoisotopic (exact) mass is 282 g/mol. The number of benzene rings is 1. The average Bonchev–Trinajstić information content (AvgIpc) is 2.38. The molecule has 0 spiro atoms. The second kappa shape index (κ2) is 6.99. The van der Waals surface area contributed by atoms with Crippen LogP contribution in [0.1, 0.15) is 18.9 Å². The number of rotatable bonds is 7. The van der Waals surface area contributed by atoms with E-state index in [1.54, 1.807) is 31.2 Å². The Kier molecular flexibility index (Phi) is 5.63. The van der Waals surface area contributed by atoms with Gasteiger partial charge in [0.15, 0.2) is 0 Å². The van der Waals surface area contributed by atoms with Crippen LogP contribution in [0.15, 0.2) is 29.4 Å². The quantitative estimate of drug-likeness (QED) is 0.348. The lowest BCUT2D eigenvalue weighted by molar-refractivity contribution is -0.144. The molecule has 1 atom stereocenters. The third-order valence-electron chi connectivity index (χ3n) is 2.83. The van der Waals surface area contributed by atoms with Crippen LogP contribution >= 0.6 is 11.6 Å². The van der Waals surface area contributed by atoms with Crippen molar-refractivity contribution in [3.63, 3.8) is 0 Å². The van der Waals surface area contributed by atoms with Gasteiger partial charge in [-0.3, -0.25) is 5.32 Å². The molecule has 102 valence electrons. The zero-order chi connectivity index (χ0) is 14.3. The molecular weight excluding hydrogens is 268 g/mol. The summed E-state index contributed by atoms with van der Waals surface area (Å²) in [6.07, 6.45) is 0.570. The van der Waals surface area contributed by atoms with Gasteiger partial charge in [0, 0.05) is 16.5 Å². The fraction of sp³-hybridized carbons (Fsp3) is 0.417. The number of halogens is 1. The zero-order valence-electron chi connectivity index (χ0n) is 10.5. The first kappa shape index (κ1) is 15.3. The van der Waals surface area contributed by atoms with E-state index >= 15 is 0 Å². The number of hydrogen-bond acceptors (Lipinski definition) is 3. The normalized spacial score (nSPS) is 13.4. The predicted molar refractivity (Wildman–Crippen MR) is 73.1 cm³/mol. The van der Waals surface area contributed by atoms with E-state index in [2.05, 4.69) is 15.3 Å². The van der Waals surface area contributed by atoms with E-state index in [4.69, 9.17) is 17.1 Å². The maximum absolute atomic E-state index is 11.4. The topological polar surface area (TPSA) is 98.1 Å². The highest BCUT2D eigenvalue weighted by Crippen LogP contribution is 2.23. The SMILES string of the molecule is CC(NCCCN=[N+]=[N-])(C(=O)O)c1ccc(Cl)cc1. The van der Waals surface area contributed by atoms with Crippen LogP contribution in [0.2, 0.25) is 5.02 Å². The van der Waals surface area contributed by atoms with Crippen molar-refractivity contribution >= 4 is 17.6 Å². The molecular formula is C12H15ClN4O2. The number of nitrogens with zero attached hydrogens (tertiary/aromatic N) is 3. The van der Waals surface area contributed by atoms with Gasteiger partial charge in [-0.25, -0.2) is 4.79 Å². The largest absolute Gasteiger partial charge is 0.480 e. The van der Waals surface area contributed by atoms with Crippen LogP contribution in [0.5, 0.6) is 0 Å². The lowest BCUT2D eigenvalue weighted by atomic mass is 9.92. The van der Waals surface area contributed by atoms with Crippen molar-refractivity contribution < 1.29 is 9.90 Å². The molecule has 19 heavy (non-hydrogen) atoms. The average molecular weight is 283 g/mol. The van der Waals surface area contributed by atoms with Crippen LogP contribution in [0.3, 0.4) is 0 Å². The van der Waals surface area contributed by atoms with E-state index in [0.29, 0.717) is 30.1 Å². The van der Waals surface area contributed by atoms with Gasteiger partial charge in [0.05, 0.1) is 0 Å². The summed E-state index contributed by atoms with van der Waals surface area (Å²) in [5.74, 6) is -0.974. The third kappa shape index (κ3) is 4.13. The number of carboxylic acids is 1. The highest BCUT2D eigenvalue weighted by atomic mass is 35.5. The summed E-state index contributed by atoms with van der Waals surface area (Å²) in [5, 5.41) is 16.3. The van der Waals surface area contributed by atoms with E-state index in [-0.39, 0.29) is 0 Å². The van der Waals surface area contributed by atoms with Gasteiger partial charge in [0.25, 0.3) is 0 Å². The van der Waals surface area contributed by atoms with Gasteiger partial charge < -0.3 is 5.11 Å². The van der Waals surface area contributed by atoms with Gasteiger partial charge in [-0.1, -0.05) is 28.8 Å². The first-order valence-electron chi connectivity index (χ1n) is 5.76. The fourth-order valence-corrected chi connectivity index (χ4v) is 1.74. The van der Waals surface area contributed by atoms with Crippen molar-refractivity contribution in [1.29, 1.82) is 0 Å². The lowest BCUT2D eigenvalue weighted by Gasteiger charge is -2.27. The molecule has 0 saturated heterocycles. The molecule has 0 heterocycles. The highest BCUT2D eigenvalue weighted by Gasteiger charge is 2.34. The van der Waals surface area contributed by atoms with Crippen molar-refractivity contribution in [3.8, 4) is 0 Å². The molecule has 0 aromatic heterocycles. The number of carbonyl (C=O) groups is 1. The van der Waals surface area contributed by atoms with E-state index in [1.807, 2.05) is 0 Å². The summed E-state index contributed by atoms with van der Waals surface area (Å²) in [7, 11) is 0. The number of hydrogen-bond donors (Lipinski definition) is 2. The first-order valence-corrected chi connectivity index (χ1v) is 6.14. The van der Waals surface area contributed by atoms with Crippen LogP contribution in [0, 0.1) is 0 Å². The molecule has 1 aromatic carbocycles. The van der Waals surface area contributed by atoms with Gasteiger partial charge >= 0.3 is 5.97 Å². The summed E-state index contributed by atoms with van der Waals surface area (Å²) in [5.41, 5.74) is 7.57. The number of carboxylic acid groups (broad SMARTS) is 1. The molecule has 0 bridgehead atoms. The zero-order valence-corrected chi connectivity index (χ0v) is 11.3. The Morgan fingerprint density at radius 1 is 1.53 bits per heavy atom. The summed E-state index contributed by atoms with van der Waals surface area (Å²) in [4.78, 5) is 14.1. The molecule has 1 unspecified atom stereocenters. The minimum Gasteiger partial charge on any atom is -0.480 e. The summed E-state index contributed by atoms with van der Waals surface area (Å²) in [6.45, 7) is 2.36. The maximum Gasteiger partial charge on any atom is 0.328 e. The Morgan fingerprint density at radius 2 is 2.16 bits per heavy atom. The van der Waals surface area contributed by atoms with Crippen molar-refractivity contribution in [2.75, 3.05) is 13.1 Å². The molecule has 0 saturated carbocycles. The van der Waals surface area contributed by atoms with Crippen LogP contribution in [0.4, 0.5) is 0 Å². The Balaban J connectivity index is 2.76. The lowest BCUT2D eigenvalue weighted by Crippen LogP contribution is -2.47. The predicted octanol–water partition coefficient (Wildman–Crippen LogP) is 2.93. The molecule has 0 aliphatic carbocycles. The Bertz CT molecular complexity index is 485. The Morgan fingerprint density at radius 3 is 2.68 bits per heavy atom. The van der Waals surface area contributed by atoms with Crippen LogP contribution < -0.4 is 5.32 Å². The minimum absolute atomic E-state index is 0.333. The van der Waals surface area contributed by atoms with E-state index in [0.717, 1.165) is 0 Å². The number of aliphatic carboxylic acids is 1. The maximum atomic E-state index is 11.4. The molecule has 0 aliphatic heterocycles. The van der Waals surface area contributed by atoms with Crippen LogP contribution in [-0.2, 0) is 10.3 Å². The minimum atomic E-state index is -1.19. The Labute approximate surface area is 116 Å². The summed E-state index contributed by atoms with van der Waals surface area (Å²) in [6, 6.07) is 6.66. The number of azide groups is 1. The fourth-order valence-electron chi connectivity index (χ4n) is 1.62. The van der Waals surface area contributed by atoms with Crippen molar-refractivity contribution in [3.05, 3.63) is 45.3 Å². The van der Waals surface area contributed by atoms with Crippen LogP contribution in [0.25, 0.3) is 10.4 Å².